The number of fused-ring (bicyclic) bond motifs is 2. The van der Waals surface area contributed by atoms with Gasteiger partial charge < -0.3 is 18.4 Å². The van der Waals surface area contributed by atoms with Gasteiger partial charge in [0.05, 0.1) is 5.52 Å². The Bertz CT molecular complexity index is 1140. The molecular formula is C17H11N3O5. The largest absolute Gasteiger partial charge is 0.454 e. The summed E-state index contributed by atoms with van der Waals surface area (Å²) in [4.78, 5) is 16.4. The molecule has 1 aliphatic rings. The molecule has 8 nitrogen and oxygen atoms in total. The van der Waals surface area contributed by atoms with Crippen molar-refractivity contribution >= 4 is 11.1 Å². The van der Waals surface area contributed by atoms with E-state index in [1.54, 1.807) is 30.3 Å². The van der Waals surface area contributed by atoms with E-state index in [1.165, 1.54) is 4.57 Å². The van der Waals surface area contributed by atoms with Crippen LogP contribution in [0.25, 0.3) is 22.5 Å². The van der Waals surface area contributed by atoms with Crippen LogP contribution in [0.15, 0.2) is 56.2 Å². The molecule has 4 aromatic rings. The molecule has 0 radical (unpaired) electrons. The minimum Gasteiger partial charge on any atom is -0.454 e. The molecule has 0 spiro atoms. The van der Waals surface area contributed by atoms with Gasteiger partial charge in [0.25, 0.3) is 0 Å². The van der Waals surface area contributed by atoms with Crippen molar-refractivity contribution in [3.8, 4) is 22.9 Å². The molecule has 0 unspecified atom stereocenters. The van der Waals surface area contributed by atoms with Gasteiger partial charge >= 0.3 is 5.76 Å². The topological polar surface area (TPSA) is 92.5 Å². The van der Waals surface area contributed by atoms with Crippen LogP contribution in [0.2, 0.25) is 0 Å². The number of ether oxygens (including phenoxy) is 2. The lowest BCUT2D eigenvalue weighted by atomic mass is 10.2. The monoisotopic (exact) mass is 337 g/mol. The van der Waals surface area contributed by atoms with Crippen molar-refractivity contribution in [2.45, 2.75) is 6.54 Å². The Kier molecular flexibility index (Phi) is 2.90. The van der Waals surface area contributed by atoms with Gasteiger partial charge in [0, 0.05) is 5.56 Å². The molecule has 8 heteroatoms. The molecule has 0 saturated carbocycles. The standard InChI is InChI=1S/C17H11N3O5/c21-17-20(11-3-1-2-4-12(11)24-17)8-15-18-16(19-25-15)10-5-6-13-14(7-10)23-9-22-13/h1-7H,8-9H2. The third-order valence-electron chi connectivity index (χ3n) is 3.97. The summed E-state index contributed by atoms with van der Waals surface area (Å²) in [5.41, 5.74) is 1.93. The van der Waals surface area contributed by atoms with Crippen LogP contribution < -0.4 is 15.2 Å². The second-order valence-corrected chi connectivity index (χ2v) is 5.50. The summed E-state index contributed by atoms with van der Waals surface area (Å²) in [6.45, 7) is 0.333. The predicted molar refractivity (Wildman–Crippen MR) is 85.4 cm³/mol. The van der Waals surface area contributed by atoms with Crippen molar-refractivity contribution in [1.82, 2.24) is 14.7 Å². The zero-order valence-corrected chi connectivity index (χ0v) is 12.8. The fourth-order valence-electron chi connectivity index (χ4n) is 2.77. The average Bonchev–Trinajstić information content (AvgIpc) is 3.34. The highest BCUT2D eigenvalue weighted by Crippen LogP contribution is 2.35. The second kappa shape index (κ2) is 5.23. The summed E-state index contributed by atoms with van der Waals surface area (Å²) in [6.07, 6.45) is 0. The molecule has 0 amide bonds. The Hall–Kier alpha value is -3.55. The molecule has 0 N–H and O–H groups in total. The Labute approximate surface area is 140 Å². The molecule has 3 heterocycles. The van der Waals surface area contributed by atoms with Gasteiger partial charge in [-0.05, 0) is 30.3 Å². The van der Waals surface area contributed by atoms with Crippen LogP contribution in [-0.2, 0) is 6.54 Å². The van der Waals surface area contributed by atoms with Gasteiger partial charge in [-0.1, -0.05) is 17.3 Å². The van der Waals surface area contributed by atoms with Crippen molar-refractivity contribution in [2.75, 3.05) is 6.79 Å². The Balaban J connectivity index is 1.48. The first-order valence-corrected chi connectivity index (χ1v) is 7.59. The van der Waals surface area contributed by atoms with Gasteiger partial charge in [-0.25, -0.2) is 4.79 Å². The number of para-hydroxylation sites is 2. The summed E-state index contributed by atoms with van der Waals surface area (Å²) in [7, 11) is 0. The number of hydrogen-bond acceptors (Lipinski definition) is 7. The lowest BCUT2D eigenvalue weighted by molar-refractivity contribution is 0.174. The molecule has 0 bridgehead atoms. The normalized spacial score (nSPS) is 12.8. The second-order valence-electron chi connectivity index (χ2n) is 5.50. The Morgan fingerprint density at radius 3 is 2.92 bits per heavy atom. The maximum atomic E-state index is 12.0. The molecule has 5 rings (SSSR count). The van der Waals surface area contributed by atoms with Gasteiger partial charge in [0.2, 0.25) is 18.5 Å². The quantitative estimate of drug-likeness (QED) is 0.567. The van der Waals surface area contributed by atoms with E-state index in [9.17, 15) is 4.79 Å². The van der Waals surface area contributed by atoms with E-state index in [2.05, 4.69) is 10.1 Å². The number of aromatic nitrogens is 3. The number of oxazole rings is 1. The molecule has 2 aromatic carbocycles. The number of nitrogens with zero attached hydrogens (tertiary/aromatic N) is 3. The van der Waals surface area contributed by atoms with Crippen molar-refractivity contribution < 1.29 is 18.4 Å². The molecule has 0 atom stereocenters. The minimum atomic E-state index is -0.468. The molecule has 25 heavy (non-hydrogen) atoms. The van der Waals surface area contributed by atoms with E-state index in [0.29, 0.717) is 34.3 Å². The first-order chi connectivity index (χ1) is 12.3. The molecule has 0 saturated heterocycles. The van der Waals surface area contributed by atoms with Crippen molar-refractivity contribution in [3.63, 3.8) is 0 Å². The van der Waals surface area contributed by atoms with E-state index in [1.807, 2.05) is 12.1 Å². The minimum absolute atomic E-state index is 0.132. The van der Waals surface area contributed by atoms with Gasteiger partial charge in [-0.3, -0.25) is 4.57 Å². The average molecular weight is 337 g/mol. The molecule has 1 aliphatic heterocycles. The predicted octanol–water partition coefficient (Wildman–Crippen LogP) is 2.42. The molecule has 2 aromatic heterocycles. The lowest BCUT2D eigenvalue weighted by Crippen LogP contribution is -2.15. The maximum absolute atomic E-state index is 12.0. The van der Waals surface area contributed by atoms with Crippen molar-refractivity contribution in [1.29, 1.82) is 0 Å². The van der Waals surface area contributed by atoms with Crippen LogP contribution in [0, 0.1) is 0 Å². The van der Waals surface area contributed by atoms with Crippen LogP contribution in [0.3, 0.4) is 0 Å². The SMILES string of the molecule is O=c1oc2ccccc2n1Cc1nc(-c2ccc3c(c2)OCO3)no1. The zero-order valence-electron chi connectivity index (χ0n) is 12.8. The first-order valence-electron chi connectivity index (χ1n) is 7.59. The third kappa shape index (κ3) is 2.26. The van der Waals surface area contributed by atoms with E-state index in [0.717, 1.165) is 5.56 Å². The van der Waals surface area contributed by atoms with Crippen LogP contribution >= 0.6 is 0 Å². The van der Waals surface area contributed by atoms with Gasteiger partial charge in [0.1, 0.15) is 6.54 Å². The van der Waals surface area contributed by atoms with Gasteiger partial charge in [-0.2, -0.15) is 4.98 Å². The van der Waals surface area contributed by atoms with Gasteiger partial charge in [0.15, 0.2) is 17.1 Å². The fraction of sp³-hybridized carbons (Fsp3) is 0.118. The third-order valence-corrected chi connectivity index (χ3v) is 3.97. The Morgan fingerprint density at radius 2 is 1.96 bits per heavy atom. The zero-order chi connectivity index (χ0) is 16.8. The summed E-state index contributed by atoms with van der Waals surface area (Å²) in [6, 6.07) is 12.6. The number of hydrogen-bond donors (Lipinski definition) is 0. The summed E-state index contributed by atoms with van der Waals surface area (Å²) in [5.74, 6) is 1.57. The molecule has 0 aliphatic carbocycles. The van der Waals surface area contributed by atoms with E-state index in [4.69, 9.17) is 18.4 Å². The van der Waals surface area contributed by atoms with Crippen molar-refractivity contribution in [2.24, 2.45) is 0 Å². The van der Waals surface area contributed by atoms with Crippen molar-refractivity contribution in [3.05, 3.63) is 58.9 Å². The molecule has 124 valence electrons. The Morgan fingerprint density at radius 1 is 1.08 bits per heavy atom. The van der Waals surface area contributed by atoms with Gasteiger partial charge in [-0.15, -0.1) is 0 Å². The van der Waals surface area contributed by atoms with E-state index >= 15 is 0 Å². The smallest absolute Gasteiger partial charge is 0.420 e. The van der Waals surface area contributed by atoms with Crippen LogP contribution in [-0.4, -0.2) is 21.5 Å². The highest BCUT2D eigenvalue weighted by Gasteiger charge is 2.17. The molecular weight excluding hydrogens is 326 g/mol. The van der Waals surface area contributed by atoms with Crippen LogP contribution in [0.5, 0.6) is 11.5 Å². The summed E-state index contributed by atoms with van der Waals surface area (Å²) in [5, 5.41) is 3.97. The lowest BCUT2D eigenvalue weighted by Gasteiger charge is -1.98. The maximum Gasteiger partial charge on any atom is 0.420 e. The van der Waals surface area contributed by atoms with E-state index in [-0.39, 0.29) is 13.3 Å². The number of benzene rings is 2. The molecule has 0 fully saturated rings. The van der Waals surface area contributed by atoms with Crippen LogP contribution in [0.1, 0.15) is 5.89 Å². The van der Waals surface area contributed by atoms with Crippen LogP contribution in [0.4, 0.5) is 0 Å². The highest BCUT2D eigenvalue weighted by atomic mass is 16.7. The highest BCUT2D eigenvalue weighted by molar-refractivity contribution is 5.72. The fourth-order valence-corrected chi connectivity index (χ4v) is 2.77. The first kappa shape index (κ1) is 13.8. The van der Waals surface area contributed by atoms with E-state index < -0.39 is 5.76 Å². The number of rotatable bonds is 3. The summed E-state index contributed by atoms with van der Waals surface area (Å²) >= 11 is 0. The summed E-state index contributed by atoms with van der Waals surface area (Å²) < 4.78 is 22.6.